The summed E-state index contributed by atoms with van der Waals surface area (Å²) in [4.78, 5) is 25.1. The number of rotatable bonds is 4. The first-order valence-electron chi connectivity index (χ1n) is 7.13. The summed E-state index contributed by atoms with van der Waals surface area (Å²) in [6, 6.07) is 5.47. The van der Waals surface area contributed by atoms with Gasteiger partial charge in [-0.1, -0.05) is 0 Å². The molecule has 0 saturated carbocycles. The molecule has 6 heteroatoms. The van der Waals surface area contributed by atoms with Crippen LogP contribution in [0.25, 0.3) is 0 Å². The maximum Gasteiger partial charge on any atom is 0.251 e. The van der Waals surface area contributed by atoms with Crippen molar-refractivity contribution in [3.05, 3.63) is 29.3 Å². The summed E-state index contributed by atoms with van der Waals surface area (Å²) in [5, 5.41) is 3.03. The van der Waals surface area contributed by atoms with E-state index in [-0.39, 0.29) is 24.4 Å². The fourth-order valence-corrected chi connectivity index (χ4v) is 2.67. The minimum Gasteiger partial charge on any atom is -0.399 e. The monoisotopic (exact) mass is 290 g/mol. The van der Waals surface area contributed by atoms with Crippen LogP contribution in [0.2, 0.25) is 0 Å². The predicted molar refractivity (Wildman–Crippen MR) is 81.7 cm³/mol. The maximum atomic E-state index is 12.2. The number of carbonyl (C=O) groups is 2. The maximum absolute atomic E-state index is 12.2. The quantitative estimate of drug-likeness (QED) is 0.692. The van der Waals surface area contributed by atoms with Gasteiger partial charge in [0, 0.05) is 30.4 Å². The number of anilines is 1. The van der Waals surface area contributed by atoms with Crippen molar-refractivity contribution in [2.45, 2.75) is 25.8 Å². The Labute approximate surface area is 124 Å². The number of likely N-dealkylation sites (tertiary alicyclic amines) is 1. The Morgan fingerprint density at radius 2 is 1.95 bits per heavy atom. The molecule has 2 amide bonds. The van der Waals surface area contributed by atoms with Crippen molar-refractivity contribution in [2.75, 3.05) is 25.4 Å². The highest BCUT2D eigenvalue weighted by Crippen LogP contribution is 2.14. The van der Waals surface area contributed by atoms with Crippen LogP contribution in [0.5, 0.6) is 0 Å². The number of piperidine rings is 1. The molecule has 21 heavy (non-hydrogen) atoms. The smallest absolute Gasteiger partial charge is 0.251 e. The minimum absolute atomic E-state index is 0.0984. The standard InChI is InChI=1S/C15H22N4O2/c1-10-6-11(8-12(16)7-10)15(21)18-13-2-4-19(5-3-13)9-14(17)20/h6-8,13H,2-5,9,16H2,1H3,(H2,17,20)(H,18,21). The lowest BCUT2D eigenvalue weighted by molar-refractivity contribution is -0.119. The van der Waals surface area contributed by atoms with Gasteiger partial charge in [-0.3, -0.25) is 14.5 Å². The summed E-state index contributed by atoms with van der Waals surface area (Å²) >= 11 is 0. The van der Waals surface area contributed by atoms with Gasteiger partial charge >= 0.3 is 0 Å². The number of hydrogen-bond donors (Lipinski definition) is 3. The summed E-state index contributed by atoms with van der Waals surface area (Å²) in [7, 11) is 0. The van der Waals surface area contributed by atoms with Crippen LogP contribution in [0.15, 0.2) is 18.2 Å². The zero-order chi connectivity index (χ0) is 15.4. The van der Waals surface area contributed by atoms with Gasteiger partial charge in [0.1, 0.15) is 0 Å². The average molecular weight is 290 g/mol. The van der Waals surface area contributed by atoms with Crippen molar-refractivity contribution in [1.82, 2.24) is 10.2 Å². The fourth-order valence-electron chi connectivity index (χ4n) is 2.67. The molecular weight excluding hydrogens is 268 g/mol. The summed E-state index contributed by atoms with van der Waals surface area (Å²) in [6.45, 7) is 3.73. The Kier molecular flexibility index (Phi) is 4.80. The van der Waals surface area contributed by atoms with E-state index in [0.717, 1.165) is 31.5 Å². The zero-order valence-corrected chi connectivity index (χ0v) is 12.3. The van der Waals surface area contributed by atoms with Gasteiger partial charge in [-0.25, -0.2) is 0 Å². The molecule has 0 aromatic heterocycles. The number of amides is 2. The molecule has 0 aliphatic carbocycles. The van der Waals surface area contributed by atoms with Crippen LogP contribution in [0.4, 0.5) is 5.69 Å². The summed E-state index contributed by atoms with van der Waals surface area (Å²) in [5.41, 5.74) is 13.1. The van der Waals surface area contributed by atoms with E-state index in [1.54, 1.807) is 6.07 Å². The first-order valence-corrected chi connectivity index (χ1v) is 7.13. The summed E-state index contributed by atoms with van der Waals surface area (Å²) < 4.78 is 0. The molecule has 1 aliphatic heterocycles. The number of primary amides is 1. The van der Waals surface area contributed by atoms with Crippen LogP contribution in [0.3, 0.4) is 0 Å². The number of hydrogen-bond acceptors (Lipinski definition) is 4. The van der Waals surface area contributed by atoms with Crippen LogP contribution >= 0.6 is 0 Å². The Morgan fingerprint density at radius 1 is 1.29 bits per heavy atom. The molecule has 0 unspecified atom stereocenters. The molecule has 0 spiro atoms. The van der Waals surface area contributed by atoms with Gasteiger partial charge in [-0.15, -0.1) is 0 Å². The average Bonchev–Trinajstić information content (AvgIpc) is 2.39. The number of nitrogens with two attached hydrogens (primary N) is 2. The third-order valence-corrected chi connectivity index (χ3v) is 3.66. The Morgan fingerprint density at radius 3 is 2.52 bits per heavy atom. The number of nitrogens with zero attached hydrogens (tertiary/aromatic N) is 1. The number of aryl methyl sites for hydroxylation is 1. The highest BCUT2D eigenvalue weighted by molar-refractivity contribution is 5.95. The molecule has 1 aliphatic rings. The normalized spacial score (nSPS) is 16.6. The van der Waals surface area contributed by atoms with Crippen molar-refractivity contribution < 1.29 is 9.59 Å². The second-order valence-electron chi connectivity index (χ2n) is 5.62. The van der Waals surface area contributed by atoms with Crippen molar-refractivity contribution in [1.29, 1.82) is 0 Å². The molecule has 114 valence electrons. The van der Waals surface area contributed by atoms with E-state index in [2.05, 4.69) is 5.32 Å². The van der Waals surface area contributed by atoms with Crippen molar-refractivity contribution in [3.63, 3.8) is 0 Å². The van der Waals surface area contributed by atoms with Gasteiger partial charge in [0.15, 0.2) is 0 Å². The topological polar surface area (TPSA) is 101 Å². The predicted octanol–water partition coefficient (Wildman–Crippen LogP) is 0.257. The van der Waals surface area contributed by atoms with Crippen LogP contribution in [-0.2, 0) is 4.79 Å². The van der Waals surface area contributed by atoms with E-state index >= 15 is 0 Å². The SMILES string of the molecule is Cc1cc(N)cc(C(=O)NC2CCN(CC(N)=O)CC2)c1. The molecule has 1 fully saturated rings. The molecule has 5 N–H and O–H groups in total. The number of nitrogen functional groups attached to an aromatic ring is 1. The molecule has 1 aromatic carbocycles. The van der Waals surface area contributed by atoms with E-state index in [4.69, 9.17) is 11.5 Å². The summed E-state index contributed by atoms with van der Waals surface area (Å²) in [5.74, 6) is -0.411. The molecular formula is C15H22N4O2. The van der Waals surface area contributed by atoms with Crippen molar-refractivity contribution >= 4 is 17.5 Å². The third-order valence-electron chi connectivity index (χ3n) is 3.66. The lowest BCUT2D eigenvalue weighted by atomic mass is 10.0. The number of nitrogens with one attached hydrogen (secondary N) is 1. The number of carbonyl (C=O) groups excluding carboxylic acids is 2. The van der Waals surface area contributed by atoms with Gasteiger partial charge < -0.3 is 16.8 Å². The van der Waals surface area contributed by atoms with Crippen LogP contribution in [0.1, 0.15) is 28.8 Å². The molecule has 6 nitrogen and oxygen atoms in total. The van der Waals surface area contributed by atoms with Crippen LogP contribution in [-0.4, -0.2) is 42.4 Å². The molecule has 0 bridgehead atoms. The highest BCUT2D eigenvalue weighted by Gasteiger charge is 2.22. The molecule has 1 heterocycles. The molecule has 0 atom stereocenters. The second-order valence-corrected chi connectivity index (χ2v) is 5.62. The van der Waals surface area contributed by atoms with E-state index in [9.17, 15) is 9.59 Å². The van der Waals surface area contributed by atoms with Crippen molar-refractivity contribution in [2.24, 2.45) is 5.73 Å². The zero-order valence-electron chi connectivity index (χ0n) is 12.3. The fraction of sp³-hybridized carbons (Fsp3) is 0.467. The Balaban J connectivity index is 1.88. The first kappa shape index (κ1) is 15.3. The van der Waals surface area contributed by atoms with Crippen LogP contribution in [0, 0.1) is 6.92 Å². The lowest BCUT2D eigenvalue weighted by Gasteiger charge is -2.31. The Hall–Kier alpha value is -2.08. The first-order chi connectivity index (χ1) is 9.94. The van der Waals surface area contributed by atoms with Gasteiger partial charge in [0.05, 0.1) is 6.54 Å². The molecule has 1 saturated heterocycles. The van der Waals surface area contributed by atoms with Gasteiger partial charge in [-0.05, 0) is 43.5 Å². The Bertz CT molecular complexity index is 516. The van der Waals surface area contributed by atoms with Gasteiger partial charge in [0.25, 0.3) is 5.91 Å². The largest absolute Gasteiger partial charge is 0.399 e. The highest BCUT2D eigenvalue weighted by atomic mass is 16.2. The lowest BCUT2D eigenvalue weighted by Crippen LogP contribution is -2.46. The van der Waals surface area contributed by atoms with Crippen LogP contribution < -0.4 is 16.8 Å². The van der Waals surface area contributed by atoms with Gasteiger partial charge in [0.2, 0.25) is 5.91 Å². The second kappa shape index (κ2) is 6.58. The third kappa shape index (κ3) is 4.46. The van der Waals surface area contributed by atoms with E-state index in [1.807, 2.05) is 24.0 Å². The minimum atomic E-state index is -0.312. The molecule has 0 radical (unpaired) electrons. The number of benzene rings is 1. The van der Waals surface area contributed by atoms with E-state index in [1.165, 1.54) is 0 Å². The molecule has 1 aromatic rings. The summed E-state index contributed by atoms with van der Waals surface area (Å²) in [6.07, 6.45) is 1.64. The van der Waals surface area contributed by atoms with E-state index in [0.29, 0.717) is 11.3 Å². The van der Waals surface area contributed by atoms with E-state index < -0.39 is 0 Å². The van der Waals surface area contributed by atoms with Crippen molar-refractivity contribution in [3.8, 4) is 0 Å². The van der Waals surface area contributed by atoms with Gasteiger partial charge in [-0.2, -0.15) is 0 Å². The molecule has 2 rings (SSSR count).